The fraction of sp³-hybridized carbons (Fsp3) is 0.550. The second-order valence-corrected chi connectivity index (χ2v) is 7.04. The lowest BCUT2D eigenvalue weighted by molar-refractivity contribution is -0.136. The van der Waals surface area contributed by atoms with Crippen molar-refractivity contribution in [2.24, 2.45) is 17.8 Å². The van der Waals surface area contributed by atoms with Gasteiger partial charge in [0.05, 0.1) is 44.6 Å². The summed E-state index contributed by atoms with van der Waals surface area (Å²) in [5, 5.41) is 0. The monoisotopic (exact) mass is 344 g/mol. The van der Waals surface area contributed by atoms with Gasteiger partial charge in [0.1, 0.15) is 5.75 Å². The summed E-state index contributed by atoms with van der Waals surface area (Å²) in [5.74, 6) is 1.18. The predicted molar refractivity (Wildman–Crippen MR) is 91.3 cm³/mol. The molecule has 0 unspecified atom stereocenters. The van der Waals surface area contributed by atoms with Gasteiger partial charge < -0.3 is 18.9 Å². The number of ether oxygens (including phenoxy) is 4. The highest BCUT2D eigenvalue weighted by atomic mass is 16.6. The minimum absolute atomic E-state index is 0.102. The molecule has 2 aliphatic carbocycles. The van der Waals surface area contributed by atoms with E-state index in [-0.39, 0.29) is 41.8 Å². The van der Waals surface area contributed by atoms with Crippen LogP contribution in [0.1, 0.15) is 12.0 Å². The number of carbonyl (C=O) groups is 1. The van der Waals surface area contributed by atoms with Gasteiger partial charge in [0, 0.05) is 18.9 Å². The zero-order chi connectivity index (χ0) is 17.4. The smallest absolute Gasteiger partial charge is 0.161 e. The Hall–Kier alpha value is -1.69. The van der Waals surface area contributed by atoms with E-state index in [0.717, 1.165) is 17.7 Å². The average Bonchev–Trinajstić information content (AvgIpc) is 3.43. The van der Waals surface area contributed by atoms with Gasteiger partial charge in [0.2, 0.25) is 0 Å². The summed E-state index contributed by atoms with van der Waals surface area (Å²) in [7, 11) is 3.34. The van der Waals surface area contributed by atoms with Gasteiger partial charge in [0.15, 0.2) is 5.78 Å². The van der Waals surface area contributed by atoms with Gasteiger partial charge in [0.25, 0.3) is 0 Å². The highest BCUT2D eigenvalue weighted by molar-refractivity contribution is 5.93. The quantitative estimate of drug-likeness (QED) is 0.742. The van der Waals surface area contributed by atoms with Crippen molar-refractivity contribution in [3.05, 3.63) is 42.0 Å². The van der Waals surface area contributed by atoms with Gasteiger partial charge in [-0.15, -0.1) is 0 Å². The fourth-order valence-corrected chi connectivity index (χ4v) is 4.36. The number of rotatable bonds is 6. The van der Waals surface area contributed by atoms with Crippen LogP contribution in [0, 0.1) is 17.8 Å². The molecule has 0 aromatic heterocycles. The molecule has 5 nitrogen and oxygen atoms in total. The molecule has 2 fully saturated rings. The van der Waals surface area contributed by atoms with Crippen molar-refractivity contribution >= 4 is 5.78 Å². The molecule has 1 saturated carbocycles. The summed E-state index contributed by atoms with van der Waals surface area (Å²) in [4.78, 5) is 12.6. The average molecular weight is 344 g/mol. The van der Waals surface area contributed by atoms with Gasteiger partial charge >= 0.3 is 0 Å². The normalized spacial score (nSPS) is 35.8. The number of hydrogen-bond donors (Lipinski definition) is 0. The Kier molecular flexibility index (Phi) is 4.63. The molecule has 5 heteroatoms. The highest BCUT2D eigenvalue weighted by Crippen LogP contribution is 2.51. The first-order valence-electron chi connectivity index (χ1n) is 8.82. The Labute approximate surface area is 147 Å². The number of ketones is 1. The van der Waals surface area contributed by atoms with Crippen LogP contribution in [0.2, 0.25) is 0 Å². The first-order valence-corrected chi connectivity index (χ1v) is 8.82. The Balaban J connectivity index is 1.52. The topological polar surface area (TPSA) is 57.3 Å². The molecule has 3 aliphatic rings. The van der Waals surface area contributed by atoms with Gasteiger partial charge in [-0.3, -0.25) is 4.79 Å². The Morgan fingerprint density at radius 2 is 1.96 bits per heavy atom. The van der Waals surface area contributed by atoms with Crippen LogP contribution in [-0.2, 0) is 25.6 Å². The molecule has 1 aliphatic heterocycles. The molecule has 25 heavy (non-hydrogen) atoms. The molecule has 0 radical (unpaired) electrons. The first kappa shape index (κ1) is 16.8. The Bertz CT molecular complexity index is 653. The molecule has 134 valence electrons. The molecule has 1 heterocycles. The van der Waals surface area contributed by atoms with E-state index in [0.29, 0.717) is 13.2 Å². The number of fused-ring (bicyclic) bond motifs is 3. The Morgan fingerprint density at radius 1 is 1.16 bits per heavy atom. The lowest BCUT2D eigenvalue weighted by Crippen LogP contribution is -2.51. The van der Waals surface area contributed by atoms with Crippen LogP contribution in [0.25, 0.3) is 0 Å². The van der Waals surface area contributed by atoms with E-state index >= 15 is 0 Å². The van der Waals surface area contributed by atoms with Crippen LogP contribution >= 0.6 is 0 Å². The van der Waals surface area contributed by atoms with Crippen molar-refractivity contribution in [1.82, 2.24) is 0 Å². The number of epoxide rings is 1. The van der Waals surface area contributed by atoms with E-state index in [9.17, 15) is 4.79 Å². The fourth-order valence-electron chi connectivity index (χ4n) is 4.36. The molecule has 0 N–H and O–H groups in total. The molecule has 4 rings (SSSR count). The third-order valence-electron chi connectivity index (χ3n) is 5.62. The van der Waals surface area contributed by atoms with Gasteiger partial charge in [-0.1, -0.05) is 18.2 Å². The number of hydrogen-bond acceptors (Lipinski definition) is 5. The van der Waals surface area contributed by atoms with Crippen LogP contribution in [0.3, 0.4) is 0 Å². The molecule has 0 spiro atoms. The summed E-state index contributed by atoms with van der Waals surface area (Å²) in [6.45, 7) is 1.02. The first-order chi connectivity index (χ1) is 12.2. The molecule has 0 bridgehead atoms. The molecule has 1 aromatic carbocycles. The summed E-state index contributed by atoms with van der Waals surface area (Å²) < 4.78 is 22.8. The molecular weight excluding hydrogens is 320 g/mol. The zero-order valence-electron chi connectivity index (χ0n) is 14.6. The third-order valence-corrected chi connectivity index (χ3v) is 5.62. The predicted octanol–water partition coefficient (Wildman–Crippen LogP) is 2.39. The third kappa shape index (κ3) is 3.12. The SMILES string of the molecule is COC[C@H]1[C@H]2O[C@H]2[C@@H]2CC=CC(=O)[C@@H]2[C@@H]1OCc1ccc(OC)cc1. The summed E-state index contributed by atoms with van der Waals surface area (Å²) >= 11 is 0. The molecule has 1 saturated heterocycles. The van der Waals surface area contributed by atoms with Crippen molar-refractivity contribution in [3.63, 3.8) is 0 Å². The van der Waals surface area contributed by atoms with Crippen molar-refractivity contribution in [3.8, 4) is 5.75 Å². The second-order valence-electron chi connectivity index (χ2n) is 7.04. The maximum Gasteiger partial charge on any atom is 0.161 e. The van der Waals surface area contributed by atoms with Crippen molar-refractivity contribution in [2.75, 3.05) is 20.8 Å². The lowest BCUT2D eigenvalue weighted by atomic mass is 9.67. The second kappa shape index (κ2) is 6.90. The van der Waals surface area contributed by atoms with Gasteiger partial charge in [-0.25, -0.2) is 0 Å². The minimum atomic E-state index is -0.173. The van der Waals surface area contributed by atoms with Gasteiger partial charge in [-0.05, 0) is 30.2 Å². The van der Waals surface area contributed by atoms with E-state index in [4.69, 9.17) is 18.9 Å². The summed E-state index contributed by atoms with van der Waals surface area (Å²) in [6.07, 6.45) is 4.73. The maximum absolute atomic E-state index is 12.6. The number of allylic oxidation sites excluding steroid dienone is 2. The molecule has 6 atom stereocenters. The number of carbonyl (C=O) groups excluding carboxylic acids is 1. The van der Waals surface area contributed by atoms with Crippen molar-refractivity contribution in [1.29, 1.82) is 0 Å². The number of benzene rings is 1. The van der Waals surface area contributed by atoms with E-state index in [1.54, 1.807) is 20.3 Å². The van der Waals surface area contributed by atoms with Crippen molar-refractivity contribution < 1.29 is 23.7 Å². The van der Waals surface area contributed by atoms with Crippen LogP contribution in [-0.4, -0.2) is 44.9 Å². The summed E-state index contributed by atoms with van der Waals surface area (Å²) in [5.41, 5.74) is 1.06. The van der Waals surface area contributed by atoms with Crippen LogP contribution in [0.4, 0.5) is 0 Å². The maximum atomic E-state index is 12.6. The molecule has 1 aromatic rings. The van der Waals surface area contributed by atoms with E-state index in [2.05, 4.69) is 0 Å². The molecular formula is C20H24O5. The highest BCUT2D eigenvalue weighted by Gasteiger charge is 2.62. The lowest BCUT2D eigenvalue weighted by Gasteiger charge is -2.40. The van der Waals surface area contributed by atoms with Gasteiger partial charge in [-0.2, -0.15) is 0 Å². The van der Waals surface area contributed by atoms with E-state index in [1.807, 2.05) is 30.3 Å². The standard InChI is InChI=1S/C20H24O5/c1-22-11-15-18(24-10-12-6-8-13(23-2)9-7-12)17-14(19-20(15)25-19)4-3-5-16(17)21/h3,5-9,14-15,17-20H,4,10-11H2,1-2H3/t14-,15-,17-,18-,19+,20-/m1/s1. The van der Waals surface area contributed by atoms with Crippen LogP contribution in [0.5, 0.6) is 5.75 Å². The van der Waals surface area contributed by atoms with Crippen LogP contribution in [0.15, 0.2) is 36.4 Å². The Morgan fingerprint density at radius 3 is 2.68 bits per heavy atom. The van der Waals surface area contributed by atoms with E-state index < -0.39 is 0 Å². The summed E-state index contributed by atoms with van der Waals surface area (Å²) in [6, 6.07) is 7.82. The zero-order valence-corrected chi connectivity index (χ0v) is 14.6. The molecule has 0 amide bonds. The van der Waals surface area contributed by atoms with Crippen LogP contribution < -0.4 is 4.74 Å². The number of methoxy groups -OCH3 is 2. The van der Waals surface area contributed by atoms with Crippen molar-refractivity contribution in [2.45, 2.75) is 31.3 Å². The van der Waals surface area contributed by atoms with E-state index in [1.165, 1.54) is 0 Å². The minimum Gasteiger partial charge on any atom is -0.497 e. The largest absolute Gasteiger partial charge is 0.497 e.